The Morgan fingerprint density at radius 1 is 1.11 bits per heavy atom. The second-order valence-corrected chi connectivity index (χ2v) is 8.52. The Labute approximate surface area is 202 Å². The summed E-state index contributed by atoms with van der Waals surface area (Å²) in [5.74, 6) is -2.48. The minimum Gasteiger partial charge on any atom is -0.367 e. The lowest BCUT2D eigenvalue weighted by molar-refractivity contribution is -0.206. The molecule has 12 heteroatoms. The van der Waals surface area contributed by atoms with Gasteiger partial charge < -0.3 is 15.1 Å². The van der Waals surface area contributed by atoms with Gasteiger partial charge in [0, 0.05) is 43.5 Å². The molecule has 190 valence electrons. The summed E-state index contributed by atoms with van der Waals surface area (Å²) >= 11 is 0. The summed E-state index contributed by atoms with van der Waals surface area (Å²) in [7, 11) is 1.94. The van der Waals surface area contributed by atoms with Crippen LogP contribution < -0.4 is 15.8 Å². The molecule has 0 saturated carbocycles. The standard InChI is InChI=1S/C24H22F5N5O2/c1-14-12-33(9-8-32(14)2)20-11-17(25)16(18-4-3-5-21(26)30-18)10-19(20)31-23(36)15-6-7-22(35)34(13-15)24(27,28)29/h3-7,10-11,13-14H,8-9,12H2,1-2H3,(H,31,36)/t14-/m1/s1. The highest BCUT2D eigenvalue weighted by Gasteiger charge is 2.32. The van der Waals surface area contributed by atoms with Gasteiger partial charge in [0.15, 0.2) is 0 Å². The third-order valence-electron chi connectivity index (χ3n) is 6.07. The molecule has 0 spiro atoms. The lowest BCUT2D eigenvalue weighted by atomic mass is 10.1. The van der Waals surface area contributed by atoms with E-state index in [4.69, 9.17) is 0 Å². The summed E-state index contributed by atoms with van der Waals surface area (Å²) in [6.45, 7) is 3.63. The van der Waals surface area contributed by atoms with Gasteiger partial charge in [0.1, 0.15) is 5.82 Å². The van der Waals surface area contributed by atoms with Crippen LogP contribution in [0.1, 0.15) is 17.3 Å². The van der Waals surface area contributed by atoms with Crippen LogP contribution in [0.4, 0.5) is 33.3 Å². The fraction of sp³-hybridized carbons (Fsp3) is 0.292. The zero-order valence-corrected chi connectivity index (χ0v) is 19.3. The highest BCUT2D eigenvalue weighted by Crippen LogP contribution is 2.35. The van der Waals surface area contributed by atoms with Crippen LogP contribution in [0.5, 0.6) is 0 Å². The first-order valence-electron chi connectivity index (χ1n) is 11.0. The number of carbonyl (C=O) groups is 1. The van der Waals surface area contributed by atoms with Crippen molar-refractivity contribution in [1.29, 1.82) is 0 Å². The van der Waals surface area contributed by atoms with E-state index in [1.54, 1.807) is 0 Å². The van der Waals surface area contributed by atoms with Crippen molar-refractivity contribution in [2.75, 3.05) is 36.9 Å². The molecule has 0 unspecified atom stereocenters. The zero-order chi connectivity index (χ0) is 26.2. The largest absolute Gasteiger partial charge is 0.491 e. The number of likely N-dealkylation sites (N-methyl/N-ethyl adjacent to an activating group) is 1. The number of alkyl halides is 3. The summed E-state index contributed by atoms with van der Waals surface area (Å²) < 4.78 is 67.8. The minimum atomic E-state index is -5.01. The molecule has 1 atom stereocenters. The van der Waals surface area contributed by atoms with Gasteiger partial charge in [-0.25, -0.2) is 13.9 Å². The monoisotopic (exact) mass is 507 g/mol. The molecular formula is C24H22F5N5O2. The first-order chi connectivity index (χ1) is 16.9. The molecule has 1 aliphatic heterocycles. The molecule has 1 amide bonds. The van der Waals surface area contributed by atoms with Crippen molar-refractivity contribution in [2.24, 2.45) is 0 Å². The number of hydrogen-bond acceptors (Lipinski definition) is 5. The number of aromatic nitrogens is 2. The quantitative estimate of drug-likeness (QED) is 0.426. The molecule has 1 aromatic carbocycles. The predicted molar refractivity (Wildman–Crippen MR) is 124 cm³/mol. The van der Waals surface area contributed by atoms with E-state index >= 15 is 4.39 Å². The number of benzene rings is 1. The third kappa shape index (κ3) is 5.23. The molecule has 7 nitrogen and oxygen atoms in total. The van der Waals surface area contributed by atoms with E-state index in [9.17, 15) is 27.2 Å². The van der Waals surface area contributed by atoms with Gasteiger partial charge in [0.25, 0.3) is 11.5 Å². The van der Waals surface area contributed by atoms with E-state index in [-0.39, 0.29) is 23.0 Å². The van der Waals surface area contributed by atoms with E-state index in [1.165, 1.54) is 24.3 Å². The average Bonchev–Trinajstić information content (AvgIpc) is 2.81. The van der Waals surface area contributed by atoms with Crippen LogP contribution in [-0.4, -0.2) is 53.1 Å². The van der Waals surface area contributed by atoms with Crippen molar-refractivity contribution in [2.45, 2.75) is 19.3 Å². The number of piperazine rings is 1. The highest BCUT2D eigenvalue weighted by molar-refractivity contribution is 6.06. The zero-order valence-electron chi connectivity index (χ0n) is 19.3. The van der Waals surface area contributed by atoms with E-state index in [1.807, 2.05) is 18.9 Å². The average molecular weight is 507 g/mol. The normalized spacial score (nSPS) is 16.8. The smallest absolute Gasteiger partial charge is 0.367 e. The SMILES string of the molecule is C[C@@H]1CN(c2cc(F)c(-c3cccc(F)n3)cc2NC(=O)c2ccc(=O)n(C(F)(F)F)c2)CCN1C. The molecule has 36 heavy (non-hydrogen) atoms. The van der Waals surface area contributed by atoms with Crippen LogP contribution in [0.3, 0.4) is 0 Å². The van der Waals surface area contributed by atoms with Gasteiger partial charge in [-0.05, 0) is 44.3 Å². The van der Waals surface area contributed by atoms with Crippen molar-refractivity contribution in [3.63, 3.8) is 0 Å². The van der Waals surface area contributed by atoms with Gasteiger partial charge in [-0.15, -0.1) is 13.2 Å². The summed E-state index contributed by atoms with van der Waals surface area (Å²) in [6, 6.07) is 8.01. The van der Waals surface area contributed by atoms with Gasteiger partial charge in [-0.2, -0.15) is 4.39 Å². The molecule has 1 fully saturated rings. The summed E-state index contributed by atoms with van der Waals surface area (Å²) in [4.78, 5) is 32.2. The fourth-order valence-corrected chi connectivity index (χ4v) is 3.96. The summed E-state index contributed by atoms with van der Waals surface area (Å²) in [5.41, 5.74) is -1.48. The maximum Gasteiger partial charge on any atom is 0.491 e. The predicted octanol–water partition coefficient (Wildman–Crippen LogP) is 4.06. The molecular weight excluding hydrogens is 485 g/mol. The first-order valence-corrected chi connectivity index (χ1v) is 11.0. The second kappa shape index (κ2) is 9.69. The number of nitrogens with one attached hydrogen (secondary N) is 1. The summed E-state index contributed by atoms with van der Waals surface area (Å²) in [6.07, 6.45) is -4.62. The maximum absolute atomic E-state index is 15.2. The number of rotatable bonds is 4. The fourth-order valence-electron chi connectivity index (χ4n) is 3.96. The Morgan fingerprint density at radius 3 is 2.53 bits per heavy atom. The molecule has 0 aliphatic carbocycles. The lowest BCUT2D eigenvalue weighted by Gasteiger charge is -2.39. The number of amides is 1. The summed E-state index contributed by atoms with van der Waals surface area (Å²) in [5, 5.41) is 2.54. The molecule has 2 aromatic heterocycles. The molecule has 4 rings (SSSR count). The Bertz CT molecular complexity index is 1360. The van der Waals surface area contributed by atoms with Crippen molar-refractivity contribution in [3.05, 3.63) is 76.3 Å². The van der Waals surface area contributed by atoms with Crippen LogP contribution in [0, 0.1) is 11.8 Å². The Kier molecular flexibility index (Phi) is 6.81. The molecule has 1 N–H and O–H groups in total. The van der Waals surface area contributed by atoms with Gasteiger partial charge in [0.05, 0.1) is 22.6 Å². The van der Waals surface area contributed by atoms with Gasteiger partial charge in [-0.1, -0.05) is 6.07 Å². The Balaban J connectivity index is 1.77. The number of halogens is 5. The molecule has 0 bridgehead atoms. The molecule has 0 radical (unpaired) electrons. The van der Waals surface area contributed by atoms with Crippen molar-refractivity contribution < 1.29 is 26.7 Å². The highest BCUT2D eigenvalue weighted by atomic mass is 19.4. The van der Waals surface area contributed by atoms with Gasteiger partial charge >= 0.3 is 6.30 Å². The van der Waals surface area contributed by atoms with Crippen LogP contribution in [0.15, 0.2) is 53.5 Å². The van der Waals surface area contributed by atoms with Crippen LogP contribution in [0.2, 0.25) is 0 Å². The number of pyridine rings is 2. The van der Waals surface area contributed by atoms with E-state index in [0.717, 1.165) is 12.1 Å². The first kappa shape index (κ1) is 25.3. The van der Waals surface area contributed by atoms with Crippen LogP contribution >= 0.6 is 0 Å². The van der Waals surface area contributed by atoms with Crippen LogP contribution in [0.25, 0.3) is 11.3 Å². The molecule has 3 heterocycles. The van der Waals surface area contributed by atoms with E-state index < -0.39 is 39.7 Å². The Morgan fingerprint density at radius 2 is 1.86 bits per heavy atom. The molecule has 1 aliphatic rings. The third-order valence-corrected chi connectivity index (χ3v) is 6.07. The number of nitrogens with zero attached hydrogens (tertiary/aromatic N) is 4. The van der Waals surface area contributed by atoms with Gasteiger partial charge in [-0.3, -0.25) is 9.59 Å². The number of hydrogen-bond donors (Lipinski definition) is 1. The van der Waals surface area contributed by atoms with E-state index in [0.29, 0.717) is 37.6 Å². The number of carbonyl (C=O) groups excluding carboxylic acids is 1. The Hall–Kier alpha value is -3.80. The maximum atomic E-state index is 15.2. The van der Waals surface area contributed by atoms with Crippen molar-refractivity contribution >= 4 is 17.3 Å². The lowest BCUT2D eigenvalue weighted by Crippen LogP contribution is -2.50. The van der Waals surface area contributed by atoms with Crippen molar-refractivity contribution in [3.8, 4) is 11.3 Å². The molecule has 1 saturated heterocycles. The minimum absolute atomic E-state index is 0.0214. The molecule has 3 aromatic rings. The number of anilines is 2. The second-order valence-electron chi connectivity index (χ2n) is 8.52. The van der Waals surface area contributed by atoms with Gasteiger partial charge in [0.2, 0.25) is 5.95 Å². The van der Waals surface area contributed by atoms with E-state index in [2.05, 4.69) is 15.2 Å². The van der Waals surface area contributed by atoms with Crippen molar-refractivity contribution in [1.82, 2.24) is 14.5 Å². The van der Waals surface area contributed by atoms with Crippen LogP contribution in [-0.2, 0) is 6.30 Å². The topological polar surface area (TPSA) is 70.5 Å².